The van der Waals surface area contributed by atoms with Gasteiger partial charge in [-0.15, -0.1) is 0 Å². The van der Waals surface area contributed by atoms with E-state index in [-0.39, 0.29) is 30.9 Å². The lowest BCUT2D eigenvalue weighted by Gasteiger charge is -2.33. The molecule has 0 aliphatic carbocycles. The molecule has 3 rings (SSSR count). The zero-order chi connectivity index (χ0) is 26.5. The Morgan fingerprint density at radius 3 is 2.44 bits per heavy atom. The summed E-state index contributed by atoms with van der Waals surface area (Å²) in [5, 5.41) is 2.91. The molecule has 1 aliphatic heterocycles. The van der Waals surface area contributed by atoms with Gasteiger partial charge in [0.25, 0.3) is 0 Å². The lowest BCUT2D eigenvalue weighted by Crippen LogP contribution is -2.52. The van der Waals surface area contributed by atoms with E-state index in [1.807, 2.05) is 52.0 Å². The first-order valence-corrected chi connectivity index (χ1v) is 13.8. The van der Waals surface area contributed by atoms with Crippen molar-refractivity contribution >= 4 is 27.5 Å². The molecule has 2 aromatic carbocycles. The summed E-state index contributed by atoms with van der Waals surface area (Å²) in [6.45, 7) is 8.01. The van der Waals surface area contributed by atoms with Crippen LogP contribution in [0.1, 0.15) is 38.3 Å². The summed E-state index contributed by atoms with van der Waals surface area (Å²) in [5.74, 6) is 0.420. The topological polar surface area (TPSA) is 105 Å². The molecule has 196 valence electrons. The standard InChI is InChI=1S/C26H35N3O6S/c1-6-22(26(31)27-14-18(2)3)28(15-20-9-7-8-19(4)12-20)25(30)16-29(36(5,32)33)21-10-11-23-24(13-21)35-17-34-23/h7-13,18,22H,6,14-17H2,1-5H3,(H,27,31). The van der Waals surface area contributed by atoms with Gasteiger partial charge in [0.2, 0.25) is 28.6 Å². The molecule has 0 fully saturated rings. The molecule has 0 aromatic heterocycles. The number of aryl methyl sites for hydroxylation is 1. The minimum atomic E-state index is -3.83. The summed E-state index contributed by atoms with van der Waals surface area (Å²) in [6, 6.07) is 11.6. The number of carbonyl (C=O) groups excluding carboxylic acids is 2. The van der Waals surface area contributed by atoms with Gasteiger partial charge in [-0.05, 0) is 37.0 Å². The number of hydrogen-bond donors (Lipinski definition) is 1. The van der Waals surface area contributed by atoms with Crippen molar-refractivity contribution in [1.29, 1.82) is 0 Å². The molecule has 10 heteroatoms. The van der Waals surface area contributed by atoms with Crippen LogP contribution >= 0.6 is 0 Å². The Morgan fingerprint density at radius 2 is 1.81 bits per heavy atom. The first kappa shape index (κ1) is 27.3. The van der Waals surface area contributed by atoms with E-state index in [0.717, 1.165) is 21.7 Å². The minimum absolute atomic E-state index is 0.0462. The van der Waals surface area contributed by atoms with Crippen LogP contribution in [0.5, 0.6) is 11.5 Å². The molecule has 0 saturated heterocycles. The fourth-order valence-electron chi connectivity index (χ4n) is 4.00. The molecule has 1 unspecified atom stereocenters. The zero-order valence-electron chi connectivity index (χ0n) is 21.5. The largest absolute Gasteiger partial charge is 0.454 e. The third-order valence-corrected chi connectivity index (χ3v) is 6.97. The third kappa shape index (κ3) is 6.90. The lowest BCUT2D eigenvalue weighted by molar-refractivity contribution is -0.140. The quantitative estimate of drug-likeness (QED) is 0.491. The van der Waals surface area contributed by atoms with E-state index in [4.69, 9.17) is 9.47 Å². The lowest BCUT2D eigenvalue weighted by atomic mass is 10.1. The van der Waals surface area contributed by atoms with Crippen LogP contribution in [0.3, 0.4) is 0 Å². The van der Waals surface area contributed by atoms with Crippen molar-refractivity contribution in [2.24, 2.45) is 5.92 Å². The van der Waals surface area contributed by atoms with Crippen LogP contribution in [0.4, 0.5) is 5.69 Å². The summed E-state index contributed by atoms with van der Waals surface area (Å²) in [5.41, 5.74) is 2.16. The van der Waals surface area contributed by atoms with Crippen molar-refractivity contribution < 1.29 is 27.5 Å². The summed E-state index contributed by atoms with van der Waals surface area (Å²) < 4.78 is 37.2. The Morgan fingerprint density at radius 1 is 1.08 bits per heavy atom. The number of ether oxygens (including phenoxy) is 2. The molecule has 0 radical (unpaired) electrons. The number of rotatable bonds is 11. The van der Waals surface area contributed by atoms with Crippen molar-refractivity contribution in [3.63, 3.8) is 0 Å². The third-order valence-electron chi connectivity index (χ3n) is 5.83. The number of anilines is 1. The second-order valence-electron chi connectivity index (χ2n) is 9.38. The normalized spacial score (nSPS) is 13.4. The number of nitrogens with one attached hydrogen (secondary N) is 1. The van der Waals surface area contributed by atoms with Crippen molar-refractivity contribution in [2.45, 2.75) is 46.7 Å². The molecule has 2 amide bonds. The molecule has 0 bridgehead atoms. The van der Waals surface area contributed by atoms with E-state index in [9.17, 15) is 18.0 Å². The van der Waals surface area contributed by atoms with Gasteiger partial charge < -0.3 is 19.7 Å². The predicted molar refractivity (Wildman–Crippen MR) is 138 cm³/mol. The van der Waals surface area contributed by atoms with Crippen LogP contribution in [-0.4, -0.2) is 57.3 Å². The maximum absolute atomic E-state index is 13.7. The second-order valence-corrected chi connectivity index (χ2v) is 11.3. The molecule has 1 heterocycles. The summed E-state index contributed by atoms with van der Waals surface area (Å²) in [7, 11) is -3.83. The van der Waals surface area contributed by atoms with Gasteiger partial charge in [-0.3, -0.25) is 13.9 Å². The van der Waals surface area contributed by atoms with Gasteiger partial charge in [0.15, 0.2) is 11.5 Å². The van der Waals surface area contributed by atoms with Gasteiger partial charge in [0.1, 0.15) is 12.6 Å². The second kappa shape index (κ2) is 11.6. The Labute approximate surface area is 213 Å². The molecule has 0 saturated carbocycles. The molecular weight excluding hydrogens is 482 g/mol. The maximum Gasteiger partial charge on any atom is 0.244 e. The minimum Gasteiger partial charge on any atom is -0.454 e. The van der Waals surface area contributed by atoms with Crippen LogP contribution in [0.25, 0.3) is 0 Å². The fourth-order valence-corrected chi connectivity index (χ4v) is 4.84. The average molecular weight is 518 g/mol. The number of nitrogens with zero attached hydrogens (tertiary/aromatic N) is 2. The molecule has 1 N–H and O–H groups in total. The van der Waals surface area contributed by atoms with E-state index < -0.39 is 28.5 Å². The number of benzene rings is 2. The molecule has 2 aromatic rings. The summed E-state index contributed by atoms with van der Waals surface area (Å²) in [4.78, 5) is 28.3. The molecule has 1 atom stereocenters. The van der Waals surface area contributed by atoms with E-state index in [0.29, 0.717) is 24.5 Å². The Balaban J connectivity index is 1.93. The van der Waals surface area contributed by atoms with Crippen LogP contribution in [0.15, 0.2) is 42.5 Å². The van der Waals surface area contributed by atoms with Crippen molar-refractivity contribution in [3.05, 3.63) is 53.6 Å². The van der Waals surface area contributed by atoms with Gasteiger partial charge >= 0.3 is 0 Å². The highest BCUT2D eigenvalue weighted by Crippen LogP contribution is 2.36. The van der Waals surface area contributed by atoms with Gasteiger partial charge in [0.05, 0.1) is 11.9 Å². The number of amides is 2. The number of hydrogen-bond acceptors (Lipinski definition) is 6. The smallest absolute Gasteiger partial charge is 0.244 e. The van der Waals surface area contributed by atoms with Gasteiger partial charge in [-0.1, -0.05) is 50.6 Å². The van der Waals surface area contributed by atoms with E-state index >= 15 is 0 Å². The van der Waals surface area contributed by atoms with Crippen LogP contribution in [-0.2, 0) is 26.2 Å². The zero-order valence-corrected chi connectivity index (χ0v) is 22.3. The van der Waals surface area contributed by atoms with Crippen molar-refractivity contribution in [3.8, 4) is 11.5 Å². The number of fused-ring (bicyclic) bond motifs is 1. The van der Waals surface area contributed by atoms with Crippen LogP contribution < -0.4 is 19.1 Å². The molecule has 1 aliphatic rings. The highest BCUT2D eigenvalue weighted by molar-refractivity contribution is 7.92. The first-order valence-electron chi connectivity index (χ1n) is 12.0. The fraction of sp³-hybridized carbons (Fsp3) is 0.462. The summed E-state index contributed by atoms with van der Waals surface area (Å²) in [6.07, 6.45) is 1.42. The van der Waals surface area contributed by atoms with Crippen molar-refractivity contribution in [2.75, 3.05) is 30.4 Å². The molecule has 36 heavy (non-hydrogen) atoms. The Hall–Kier alpha value is -3.27. The molecule has 9 nitrogen and oxygen atoms in total. The van der Waals surface area contributed by atoms with Crippen molar-refractivity contribution in [1.82, 2.24) is 10.2 Å². The molecule has 0 spiro atoms. The molecular formula is C26H35N3O6S. The van der Waals surface area contributed by atoms with Crippen LogP contribution in [0.2, 0.25) is 0 Å². The van der Waals surface area contributed by atoms with Gasteiger partial charge in [-0.25, -0.2) is 8.42 Å². The first-order chi connectivity index (χ1) is 17.0. The Kier molecular flexibility index (Phi) is 8.84. The van der Waals surface area contributed by atoms with E-state index in [1.165, 1.54) is 11.0 Å². The highest BCUT2D eigenvalue weighted by atomic mass is 32.2. The maximum atomic E-state index is 13.7. The van der Waals surface area contributed by atoms with Gasteiger partial charge in [-0.2, -0.15) is 0 Å². The summed E-state index contributed by atoms with van der Waals surface area (Å²) >= 11 is 0. The van der Waals surface area contributed by atoms with E-state index in [2.05, 4.69) is 5.32 Å². The Bertz CT molecular complexity index is 1200. The number of carbonyl (C=O) groups is 2. The monoisotopic (exact) mass is 517 g/mol. The number of sulfonamides is 1. The van der Waals surface area contributed by atoms with Crippen LogP contribution in [0, 0.1) is 12.8 Å². The van der Waals surface area contributed by atoms with Gasteiger partial charge in [0, 0.05) is 19.2 Å². The SMILES string of the molecule is CCC(C(=O)NCC(C)C)N(Cc1cccc(C)c1)C(=O)CN(c1ccc2c(c1)OCO2)S(C)(=O)=O. The highest BCUT2D eigenvalue weighted by Gasteiger charge is 2.32. The predicted octanol–water partition coefficient (Wildman–Crippen LogP) is 3.07. The average Bonchev–Trinajstić information content (AvgIpc) is 3.28. The van der Waals surface area contributed by atoms with E-state index in [1.54, 1.807) is 12.1 Å².